The second-order valence-corrected chi connectivity index (χ2v) is 8.10. The molecule has 0 aliphatic carbocycles. The van der Waals surface area contributed by atoms with Crippen LogP contribution in [-0.4, -0.2) is 59.8 Å². The summed E-state index contributed by atoms with van der Waals surface area (Å²) in [6.07, 6.45) is -0.0664. The summed E-state index contributed by atoms with van der Waals surface area (Å²) in [6.45, 7) is 4.19. The van der Waals surface area contributed by atoms with Gasteiger partial charge in [0.15, 0.2) is 0 Å². The van der Waals surface area contributed by atoms with Gasteiger partial charge in [-0.1, -0.05) is 30.3 Å². The van der Waals surface area contributed by atoms with Crippen LogP contribution in [0.2, 0.25) is 0 Å². The molecule has 0 bridgehead atoms. The Morgan fingerprint density at radius 1 is 1.03 bits per heavy atom. The molecule has 1 atom stereocenters. The van der Waals surface area contributed by atoms with E-state index in [2.05, 4.69) is 22.0 Å². The molecule has 2 aliphatic rings. The Kier molecular flexibility index (Phi) is 5.34. The van der Waals surface area contributed by atoms with Crippen molar-refractivity contribution >= 4 is 17.0 Å². The predicted octanol–water partition coefficient (Wildman–Crippen LogP) is 2.79. The summed E-state index contributed by atoms with van der Waals surface area (Å²) in [5, 5.41) is 0.923. The number of aromatic nitrogens is 1. The zero-order valence-corrected chi connectivity index (χ0v) is 17.3. The van der Waals surface area contributed by atoms with Crippen molar-refractivity contribution in [2.45, 2.75) is 19.1 Å². The second kappa shape index (κ2) is 8.43. The minimum absolute atomic E-state index is 0.140. The Bertz CT molecular complexity index is 1140. The van der Waals surface area contributed by atoms with Crippen LogP contribution < -0.4 is 10.3 Å². The molecule has 1 unspecified atom stereocenters. The van der Waals surface area contributed by atoms with Crippen molar-refractivity contribution in [3.8, 4) is 5.75 Å². The molecule has 0 spiro atoms. The van der Waals surface area contributed by atoms with Gasteiger partial charge in [-0.3, -0.25) is 9.69 Å². The zero-order valence-electron chi connectivity index (χ0n) is 17.3. The molecule has 7 heteroatoms. The van der Waals surface area contributed by atoms with E-state index >= 15 is 0 Å². The van der Waals surface area contributed by atoms with Crippen molar-refractivity contribution < 1.29 is 14.3 Å². The molecule has 31 heavy (non-hydrogen) atoms. The van der Waals surface area contributed by atoms with E-state index in [-0.39, 0.29) is 17.8 Å². The standard InChI is InChI=1S/C24H25N3O4/c28-23-9-6-19-20-14-18(16-30-22(20)8-7-21(19)25-23)31-24(29)27-12-10-26(11-13-27)15-17-4-2-1-3-5-17/h1-9,18H,10-16H2,(H,25,28). The lowest BCUT2D eigenvalue weighted by atomic mass is 9.99. The maximum Gasteiger partial charge on any atom is 0.410 e. The molecule has 2 aromatic carbocycles. The fourth-order valence-corrected chi connectivity index (χ4v) is 4.32. The highest BCUT2D eigenvalue weighted by Crippen LogP contribution is 2.31. The quantitative estimate of drug-likeness (QED) is 0.707. The van der Waals surface area contributed by atoms with Gasteiger partial charge < -0.3 is 19.4 Å². The van der Waals surface area contributed by atoms with Crippen LogP contribution in [0.1, 0.15) is 11.1 Å². The van der Waals surface area contributed by atoms with Gasteiger partial charge in [0.2, 0.25) is 5.56 Å². The van der Waals surface area contributed by atoms with E-state index in [0.717, 1.165) is 41.9 Å². The van der Waals surface area contributed by atoms with Gasteiger partial charge in [0, 0.05) is 61.7 Å². The van der Waals surface area contributed by atoms with E-state index in [0.29, 0.717) is 26.1 Å². The molecule has 1 N–H and O–H groups in total. The van der Waals surface area contributed by atoms with E-state index in [9.17, 15) is 9.59 Å². The van der Waals surface area contributed by atoms with Crippen molar-refractivity contribution in [2.75, 3.05) is 32.8 Å². The number of piperazine rings is 1. The lowest BCUT2D eigenvalue weighted by Crippen LogP contribution is -2.49. The second-order valence-electron chi connectivity index (χ2n) is 8.10. The molecule has 1 aromatic heterocycles. The fourth-order valence-electron chi connectivity index (χ4n) is 4.32. The highest BCUT2D eigenvalue weighted by Gasteiger charge is 2.28. The Hall–Kier alpha value is -3.32. The number of nitrogens with one attached hydrogen (secondary N) is 1. The molecule has 0 radical (unpaired) electrons. The number of amides is 1. The molecule has 1 fully saturated rings. The molecule has 1 saturated heterocycles. The van der Waals surface area contributed by atoms with Gasteiger partial charge in [0.05, 0.1) is 0 Å². The molecule has 3 heterocycles. The number of aromatic amines is 1. The van der Waals surface area contributed by atoms with Gasteiger partial charge in [-0.15, -0.1) is 0 Å². The number of carbonyl (C=O) groups excluding carboxylic acids is 1. The molecule has 160 valence electrons. The number of benzene rings is 2. The van der Waals surface area contributed by atoms with Crippen LogP contribution in [0.5, 0.6) is 5.75 Å². The number of fused-ring (bicyclic) bond motifs is 3. The van der Waals surface area contributed by atoms with E-state index in [1.165, 1.54) is 11.6 Å². The van der Waals surface area contributed by atoms with Crippen LogP contribution in [0.25, 0.3) is 10.9 Å². The summed E-state index contributed by atoms with van der Waals surface area (Å²) in [7, 11) is 0. The van der Waals surface area contributed by atoms with Crippen LogP contribution in [0.4, 0.5) is 4.79 Å². The largest absolute Gasteiger partial charge is 0.489 e. The van der Waals surface area contributed by atoms with E-state index < -0.39 is 0 Å². The minimum Gasteiger partial charge on any atom is -0.489 e. The number of carbonyl (C=O) groups is 1. The van der Waals surface area contributed by atoms with E-state index in [1.807, 2.05) is 30.3 Å². The zero-order chi connectivity index (χ0) is 21.2. The molecular weight excluding hydrogens is 394 g/mol. The van der Waals surface area contributed by atoms with Crippen molar-refractivity contribution in [3.63, 3.8) is 0 Å². The Morgan fingerprint density at radius 2 is 1.84 bits per heavy atom. The molecular formula is C24H25N3O4. The summed E-state index contributed by atoms with van der Waals surface area (Å²) in [4.78, 5) is 31.3. The van der Waals surface area contributed by atoms with Crippen LogP contribution >= 0.6 is 0 Å². The number of nitrogens with zero attached hydrogens (tertiary/aromatic N) is 2. The van der Waals surface area contributed by atoms with Gasteiger partial charge in [0.25, 0.3) is 0 Å². The number of ether oxygens (including phenoxy) is 2. The third-order valence-electron chi connectivity index (χ3n) is 5.98. The number of hydrogen-bond acceptors (Lipinski definition) is 5. The SMILES string of the molecule is O=C(OC1COc2ccc3[nH]c(=O)ccc3c2C1)N1CCN(Cc2ccccc2)CC1. The van der Waals surface area contributed by atoms with Crippen molar-refractivity contribution in [1.82, 2.24) is 14.8 Å². The van der Waals surface area contributed by atoms with Gasteiger partial charge in [-0.25, -0.2) is 4.79 Å². The van der Waals surface area contributed by atoms with Gasteiger partial charge in [-0.05, 0) is 23.8 Å². The van der Waals surface area contributed by atoms with Gasteiger partial charge in [0.1, 0.15) is 18.5 Å². The first-order valence-corrected chi connectivity index (χ1v) is 10.7. The maximum absolute atomic E-state index is 12.7. The summed E-state index contributed by atoms with van der Waals surface area (Å²) >= 11 is 0. The molecule has 1 amide bonds. The summed E-state index contributed by atoms with van der Waals surface area (Å²) in [6, 6.07) is 17.4. The third-order valence-corrected chi connectivity index (χ3v) is 5.98. The van der Waals surface area contributed by atoms with Crippen LogP contribution in [0.3, 0.4) is 0 Å². The Labute approximate surface area is 180 Å². The number of rotatable bonds is 3. The average molecular weight is 419 g/mol. The lowest BCUT2D eigenvalue weighted by Gasteiger charge is -2.35. The fraction of sp³-hybridized carbons (Fsp3) is 0.333. The number of hydrogen-bond donors (Lipinski definition) is 1. The average Bonchev–Trinajstić information content (AvgIpc) is 2.80. The van der Waals surface area contributed by atoms with Crippen LogP contribution in [0, 0.1) is 0 Å². The third kappa shape index (κ3) is 4.27. The maximum atomic E-state index is 12.7. The van der Waals surface area contributed by atoms with Crippen molar-refractivity contribution in [2.24, 2.45) is 0 Å². The first-order valence-electron chi connectivity index (χ1n) is 10.7. The molecule has 7 nitrogen and oxygen atoms in total. The smallest absolute Gasteiger partial charge is 0.410 e. The Morgan fingerprint density at radius 3 is 2.65 bits per heavy atom. The van der Waals surface area contributed by atoms with Crippen LogP contribution in [-0.2, 0) is 17.7 Å². The summed E-state index contributed by atoms with van der Waals surface area (Å²) in [5.74, 6) is 0.779. The highest BCUT2D eigenvalue weighted by atomic mass is 16.6. The lowest BCUT2D eigenvalue weighted by molar-refractivity contribution is 0.0214. The first-order chi connectivity index (χ1) is 15.2. The summed E-state index contributed by atoms with van der Waals surface area (Å²) in [5.41, 5.74) is 2.87. The molecule has 0 saturated carbocycles. The number of H-pyrrole nitrogens is 1. The molecule has 3 aromatic rings. The summed E-state index contributed by atoms with van der Waals surface area (Å²) < 4.78 is 11.6. The van der Waals surface area contributed by atoms with Gasteiger partial charge >= 0.3 is 6.09 Å². The van der Waals surface area contributed by atoms with Crippen molar-refractivity contribution in [1.29, 1.82) is 0 Å². The molecule has 2 aliphatic heterocycles. The first kappa shape index (κ1) is 19.6. The monoisotopic (exact) mass is 419 g/mol. The minimum atomic E-state index is -0.347. The van der Waals surface area contributed by atoms with E-state index in [4.69, 9.17) is 9.47 Å². The number of pyridine rings is 1. The van der Waals surface area contributed by atoms with Crippen molar-refractivity contribution in [3.05, 3.63) is 76.1 Å². The van der Waals surface area contributed by atoms with E-state index in [1.54, 1.807) is 11.0 Å². The Balaban J connectivity index is 1.19. The predicted molar refractivity (Wildman–Crippen MR) is 117 cm³/mol. The van der Waals surface area contributed by atoms with Crippen LogP contribution in [0.15, 0.2) is 59.4 Å². The molecule has 5 rings (SSSR count). The van der Waals surface area contributed by atoms with Gasteiger partial charge in [-0.2, -0.15) is 0 Å². The topological polar surface area (TPSA) is 74.9 Å². The normalized spacial score (nSPS) is 19.0. The highest BCUT2D eigenvalue weighted by molar-refractivity contribution is 5.84.